The monoisotopic (exact) mass is 223 g/mol. The number of aromatic nitrogens is 2. The van der Waals surface area contributed by atoms with E-state index in [9.17, 15) is 4.79 Å². The van der Waals surface area contributed by atoms with Crippen molar-refractivity contribution in [3.05, 3.63) is 18.0 Å². The lowest BCUT2D eigenvalue weighted by atomic mass is 10.3. The van der Waals surface area contributed by atoms with Gasteiger partial charge in [-0.3, -0.25) is 9.58 Å². The highest BCUT2D eigenvalue weighted by molar-refractivity contribution is 5.86. The Labute approximate surface area is 94.7 Å². The summed E-state index contributed by atoms with van der Waals surface area (Å²) in [5.41, 5.74) is 0.267. The first-order chi connectivity index (χ1) is 7.58. The molecule has 2 rings (SSSR count). The smallest absolute Gasteiger partial charge is 0.338 e. The first kappa shape index (κ1) is 11.1. The lowest BCUT2D eigenvalue weighted by Gasteiger charge is -2.20. The van der Waals surface area contributed by atoms with Crippen molar-refractivity contribution in [3.8, 4) is 0 Å². The number of nitrogens with zero attached hydrogens (tertiary/aromatic N) is 3. The predicted octanol–water partition coefficient (Wildman–Crippen LogP) is 1.24. The van der Waals surface area contributed by atoms with E-state index >= 15 is 0 Å². The second-order valence-corrected chi connectivity index (χ2v) is 4.55. The van der Waals surface area contributed by atoms with E-state index in [0.717, 1.165) is 19.5 Å². The fraction of sp³-hybridized carbons (Fsp3) is 0.636. The maximum atomic E-state index is 10.7. The van der Waals surface area contributed by atoms with Crippen molar-refractivity contribution in [1.29, 1.82) is 0 Å². The maximum Gasteiger partial charge on any atom is 0.338 e. The van der Waals surface area contributed by atoms with Crippen LogP contribution in [-0.2, 0) is 0 Å². The van der Waals surface area contributed by atoms with Gasteiger partial charge in [0.05, 0.1) is 17.8 Å². The van der Waals surface area contributed by atoms with Crippen LogP contribution in [0.5, 0.6) is 0 Å². The van der Waals surface area contributed by atoms with Gasteiger partial charge < -0.3 is 5.11 Å². The summed E-state index contributed by atoms with van der Waals surface area (Å²) in [6.07, 6.45) is 4.08. The molecule has 0 radical (unpaired) electrons. The number of carboxylic acid groups (broad SMARTS) is 1. The molecule has 0 unspecified atom stereocenters. The number of hydrogen-bond acceptors (Lipinski definition) is 3. The molecule has 1 saturated heterocycles. The number of hydrogen-bond donors (Lipinski definition) is 1. The molecule has 1 aromatic rings. The Morgan fingerprint density at radius 2 is 2.38 bits per heavy atom. The molecule has 88 valence electrons. The van der Waals surface area contributed by atoms with E-state index in [4.69, 9.17) is 5.11 Å². The third-order valence-electron chi connectivity index (χ3n) is 3.15. The van der Waals surface area contributed by atoms with Gasteiger partial charge in [-0.25, -0.2) is 4.79 Å². The van der Waals surface area contributed by atoms with Crippen LogP contribution in [-0.4, -0.2) is 44.9 Å². The standard InChI is InChI=1S/C11H17N3O2/c1-8(2)13-4-3-10(7-13)14-6-9(5-12-14)11(15)16/h5-6,8,10H,3-4,7H2,1-2H3,(H,15,16)/t10-/m1/s1. The molecule has 0 spiro atoms. The van der Waals surface area contributed by atoms with Gasteiger partial charge in [0.15, 0.2) is 0 Å². The molecular formula is C11H17N3O2. The van der Waals surface area contributed by atoms with Crippen molar-refractivity contribution in [2.45, 2.75) is 32.4 Å². The predicted molar refractivity (Wildman–Crippen MR) is 59.5 cm³/mol. The average molecular weight is 223 g/mol. The van der Waals surface area contributed by atoms with Gasteiger partial charge in [-0.05, 0) is 20.3 Å². The van der Waals surface area contributed by atoms with E-state index in [0.29, 0.717) is 12.1 Å². The summed E-state index contributed by atoms with van der Waals surface area (Å²) in [5.74, 6) is -0.912. The van der Waals surface area contributed by atoms with Gasteiger partial charge in [-0.15, -0.1) is 0 Å². The van der Waals surface area contributed by atoms with Crippen LogP contribution in [0.25, 0.3) is 0 Å². The van der Waals surface area contributed by atoms with Crippen LogP contribution < -0.4 is 0 Å². The Bertz CT molecular complexity index is 386. The number of carbonyl (C=O) groups is 1. The third-order valence-corrected chi connectivity index (χ3v) is 3.15. The largest absolute Gasteiger partial charge is 0.478 e. The zero-order valence-electron chi connectivity index (χ0n) is 9.63. The van der Waals surface area contributed by atoms with Crippen molar-refractivity contribution in [3.63, 3.8) is 0 Å². The molecule has 0 bridgehead atoms. The molecule has 1 aromatic heterocycles. The minimum atomic E-state index is -0.912. The van der Waals surface area contributed by atoms with E-state index in [1.54, 1.807) is 10.9 Å². The molecule has 5 nitrogen and oxygen atoms in total. The van der Waals surface area contributed by atoms with Crippen LogP contribution in [0.4, 0.5) is 0 Å². The lowest BCUT2D eigenvalue weighted by molar-refractivity contribution is 0.0696. The minimum Gasteiger partial charge on any atom is -0.478 e. The van der Waals surface area contributed by atoms with Crippen LogP contribution in [0.2, 0.25) is 0 Å². The van der Waals surface area contributed by atoms with Crippen LogP contribution in [0.15, 0.2) is 12.4 Å². The number of rotatable bonds is 3. The van der Waals surface area contributed by atoms with Gasteiger partial charge >= 0.3 is 5.97 Å². The number of aromatic carboxylic acids is 1. The Kier molecular flexibility index (Phi) is 2.96. The highest BCUT2D eigenvalue weighted by Crippen LogP contribution is 2.22. The topological polar surface area (TPSA) is 58.4 Å². The van der Waals surface area contributed by atoms with E-state index in [1.807, 2.05) is 0 Å². The zero-order chi connectivity index (χ0) is 11.7. The molecular weight excluding hydrogens is 206 g/mol. The quantitative estimate of drug-likeness (QED) is 0.837. The summed E-state index contributed by atoms with van der Waals surface area (Å²) in [5, 5.41) is 12.9. The lowest BCUT2D eigenvalue weighted by Crippen LogP contribution is -2.28. The van der Waals surface area contributed by atoms with Gasteiger partial charge in [0.2, 0.25) is 0 Å². The fourth-order valence-corrected chi connectivity index (χ4v) is 2.10. The second kappa shape index (κ2) is 4.25. The molecule has 5 heteroatoms. The van der Waals surface area contributed by atoms with Gasteiger partial charge in [0.25, 0.3) is 0 Å². The summed E-state index contributed by atoms with van der Waals surface area (Å²) in [6.45, 7) is 6.37. The molecule has 0 saturated carbocycles. The molecule has 16 heavy (non-hydrogen) atoms. The molecule has 1 atom stereocenters. The number of carboxylic acids is 1. The van der Waals surface area contributed by atoms with Crippen LogP contribution in [0.3, 0.4) is 0 Å². The average Bonchev–Trinajstić information content (AvgIpc) is 2.86. The Balaban J connectivity index is 2.06. The first-order valence-corrected chi connectivity index (χ1v) is 5.59. The molecule has 0 amide bonds. The maximum absolute atomic E-state index is 10.7. The van der Waals surface area contributed by atoms with E-state index < -0.39 is 5.97 Å². The molecule has 0 aromatic carbocycles. The van der Waals surface area contributed by atoms with Gasteiger partial charge in [-0.2, -0.15) is 5.10 Å². The summed E-state index contributed by atoms with van der Waals surface area (Å²) in [6, 6.07) is 0.856. The van der Waals surface area contributed by atoms with E-state index in [-0.39, 0.29) is 5.56 Å². The first-order valence-electron chi connectivity index (χ1n) is 5.59. The Hall–Kier alpha value is -1.36. The van der Waals surface area contributed by atoms with E-state index in [1.165, 1.54) is 6.20 Å². The van der Waals surface area contributed by atoms with Crippen LogP contribution in [0, 0.1) is 0 Å². The summed E-state index contributed by atoms with van der Waals surface area (Å²) in [4.78, 5) is 13.1. The molecule has 0 aliphatic carbocycles. The van der Waals surface area contributed by atoms with Crippen LogP contribution >= 0.6 is 0 Å². The van der Waals surface area contributed by atoms with Gasteiger partial charge in [0, 0.05) is 25.3 Å². The molecule has 1 aliphatic rings. The van der Waals surface area contributed by atoms with Crippen molar-refractivity contribution in [2.75, 3.05) is 13.1 Å². The minimum absolute atomic E-state index is 0.267. The number of likely N-dealkylation sites (tertiary alicyclic amines) is 1. The summed E-state index contributed by atoms with van der Waals surface area (Å²) >= 11 is 0. The highest BCUT2D eigenvalue weighted by atomic mass is 16.4. The zero-order valence-corrected chi connectivity index (χ0v) is 9.63. The van der Waals surface area contributed by atoms with Gasteiger partial charge in [0.1, 0.15) is 0 Å². The molecule has 1 fully saturated rings. The highest BCUT2D eigenvalue weighted by Gasteiger charge is 2.26. The van der Waals surface area contributed by atoms with Crippen molar-refractivity contribution in [2.24, 2.45) is 0 Å². The summed E-state index contributed by atoms with van der Waals surface area (Å²) in [7, 11) is 0. The summed E-state index contributed by atoms with van der Waals surface area (Å²) < 4.78 is 1.78. The molecule has 2 heterocycles. The SMILES string of the molecule is CC(C)N1CC[C@@H](n2cc(C(=O)O)cn2)C1. The third kappa shape index (κ3) is 2.09. The normalized spacial score (nSPS) is 21.8. The molecule has 1 aliphatic heterocycles. The van der Waals surface area contributed by atoms with Crippen molar-refractivity contribution in [1.82, 2.24) is 14.7 Å². The van der Waals surface area contributed by atoms with E-state index in [2.05, 4.69) is 23.8 Å². The second-order valence-electron chi connectivity index (χ2n) is 4.55. The van der Waals surface area contributed by atoms with Crippen molar-refractivity contribution >= 4 is 5.97 Å². The fourth-order valence-electron chi connectivity index (χ4n) is 2.10. The van der Waals surface area contributed by atoms with Gasteiger partial charge in [-0.1, -0.05) is 0 Å². The molecule has 1 N–H and O–H groups in total. The Morgan fingerprint density at radius 3 is 2.88 bits per heavy atom. The van der Waals surface area contributed by atoms with Crippen LogP contribution in [0.1, 0.15) is 36.7 Å². The Morgan fingerprint density at radius 1 is 1.62 bits per heavy atom. The van der Waals surface area contributed by atoms with Crippen molar-refractivity contribution < 1.29 is 9.90 Å².